The van der Waals surface area contributed by atoms with E-state index in [0.29, 0.717) is 0 Å². The number of fused-ring (bicyclic) bond motifs is 1. The van der Waals surface area contributed by atoms with Gasteiger partial charge in [0.15, 0.2) is 0 Å². The number of piperazine rings is 1. The van der Waals surface area contributed by atoms with Gasteiger partial charge in [0, 0.05) is 39.3 Å². The zero-order chi connectivity index (χ0) is 17.1. The predicted octanol–water partition coefficient (Wildman–Crippen LogP) is 2.89. The van der Waals surface area contributed by atoms with Crippen LogP contribution in [-0.2, 0) is 24.3 Å². The summed E-state index contributed by atoms with van der Waals surface area (Å²) >= 11 is 0. The van der Waals surface area contributed by atoms with Gasteiger partial charge in [-0.15, -0.1) is 24.8 Å². The minimum Gasteiger partial charge on any atom is -0.339 e. The average Bonchev–Trinajstić information content (AvgIpc) is 2.68. The van der Waals surface area contributed by atoms with Crippen LogP contribution in [0.2, 0.25) is 0 Å². The summed E-state index contributed by atoms with van der Waals surface area (Å²) in [6, 6.07) is 18.9. The molecule has 4 rings (SSSR count). The van der Waals surface area contributed by atoms with Crippen molar-refractivity contribution in [2.24, 2.45) is 0 Å². The molecule has 1 amide bonds. The Morgan fingerprint density at radius 1 is 0.889 bits per heavy atom. The summed E-state index contributed by atoms with van der Waals surface area (Å²) in [5.74, 6) is 0.258. The molecule has 0 saturated carbocycles. The zero-order valence-corrected chi connectivity index (χ0v) is 17.0. The van der Waals surface area contributed by atoms with E-state index in [1.54, 1.807) is 0 Å². The van der Waals surface area contributed by atoms with Gasteiger partial charge in [-0.05, 0) is 23.1 Å². The van der Waals surface area contributed by atoms with E-state index in [9.17, 15) is 4.79 Å². The molecular formula is C21H27Cl2N3O. The quantitative estimate of drug-likeness (QED) is 0.849. The second-order valence-electron chi connectivity index (χ2n) is 6.99. The summed E-state index contributed by atoms with van der Waals surface area (Å²) < 4.78 is 0. The first-order valence-electron chi connectivity index (χ1n) is 9.15. The van der Waals surface area contributed by atoms with Crippen molar-refractivity contribution in [1.82, 2.24) is 15.1 Å². The van der Waals surface area contributed by atoms with Crippen molar-refractivity contribution in [1.29, 1.82) is 0 Å². The first-order chi connectivity index (χ1) is 12.3. The molecule has 0 aliphatic carbocycles. The van der Waals surface area contributed by atoms with Gasteiger partial charge in [0.1, 0.15) is 0 Å². The minimum absolute atomic E-state index is 0. The molecule has 2 aromatic rings. The summed E-state index contributed by atoms with van der Waals surface area (Å²) in [6.45, 7) is 5.31. The molecular weight excluding hydrogens is 381 g/mol. The maximum absolute atomic E-state index is 12.9. The fourth-order valence-corrected chi connectivity index (χ4v) is 3.82. The molecule has 4 nitrogen and oxygen atoms in total. The minimum atomic E-state index is -0.0735. The fraction of sp³-hybridized carbons (Fsp3) is 0.381. The van der Waals surface area contributed by atoms with Gasteiger partial charge in [0.25, 0.3) is 0 Å². The average molecular weight is 408 g/mol. The second kappa shape index (κ2) is 10.1. The lowest BCUT2D eigenvalue weighted by Crippen LogP contribution is -2.55. The summed E-state index contributed by atoms with van der Waals surface area (Å²) in [6.07, 6.45) is 0.805. The summed E-state index contributed by atoms with van der Waals surface area (Å²) in [7, 11) is 0. The lowest BCUT2D eigenvalue weighted by atomic mass is 9.95. The van der Waals surface area contributed by atoms with Gasteiger partial charge in [-0.2, -0.15) is 0 Å². The molecule has 2 aliphatic rings. The van der Waals surface area contributed by atoms with Gasteiger partial charge >= 0.3 is 0 Å². The van der Waals surface area contributed by atoms with Crippen LogP contribution < -0.4 is 5.32 Å². The number of rotatable bonds is 3. The first-order valence-corrected chi connectivity index (χ1v) is 9.15. The largest absolute Gasteiger partial charge is 0.339 e. The van der Waals surface area contributed by atoms with Crippen molar-refractivity contribution in [3.05, 3.63) is 71.3 Å². The molecule has 1 atom stereocenters. The van der Waals surface area contributed by atoms with E-state index in [0.717, 1.165) is 45.7 Å². The molecule has 0 radical (unpaired) electrons. The van der Waals surface area contributed by atoms with Crippen LogP contribution in [0.4, 0.5) is 0 Å². The van der Waals surface area contributed by atoms with Crippen molar-refractivity contribution < 1.29 is 4.79 Å². The number of amides is 1. The third-order valence-electron chi connectivity index (χ3n) is 5.31. The number of nitrogens with zero attached hydrogens (tertiary/aromatic N) is 2. The smallest absolute Gasteiger partial charge is 0.240 e. The molecule has 2 aromatic carbocycles. The van der Waals surface area contributed by atoms with Crippen molar-refractivity contribution in [3.63, 3.8) is 0 Å². The van der Waals surface area contributed by atoms with Gasteiger partial charge in [0.2, 0.25) is 5.91 Å². The van der Waals surface area contributed by atoms with E-state index in [4.69, 9.17) is 0 Å². The highest BCUT2D eigenvalue weighted by Gasteiger charge is 2.29. The number of carbonyl (C=O) groups is 1. The van der Waals surface area contributed by atoms with E-state index in [1.807, 2.05) is 4.90 Å². The highest BCUT2D eigenvalue weighted by Crippen LogP contribution is 2.18. The van der Waals surface area contributed by atoms with Crippen LogP contribution in [0.5, 0.6) is 0 Å². The van der Waals surface area contributed by atoms with Gasteiger partial charge in [-0.3, -0.25) is 9.69 Å². The molecule has 1 saturated heterocycles. The summed E-state index contributed by atoms with van der Waals surface area (Å²) in [5.41, 5.74) is 3.97. The van der Waals surface area contributed by atoms with Crippen molar-refractivity contribution in [2.45, 2.75) is 25.6 Å². The number of hydrogen-bond acceptors (Lipinski definition) is 3. The SMILES string of the molecule is Cl.Cl.O=C(C1Cc2ccccc2CN1)N1CCN(Cc2ccccc2)CC1. The second-order valence-corrected chi connectivity index (χ2v) is 6.99. The van der Waals surface area contributed by atoms with E-state index in [1.165, 1.54) is 16.7 Å². The molecule has 146 valence electrons. The van der Waals surface area contributed by atoms with Crippen LogP contribution in [0.15, 0.2) is 54.6 Å². The highest BCUT2D eigenvalue weighted by molar-refractivity contribution is 5.85. The first kappa shape index (κ1) is 21.7. The van der Waals surface area contributed by atoms with Gasteiger partial charge in [-0.25, -0.2) is 0 Å². The molecule has 0 spiro atoms. The number of carbonyl (C=O) groups excluding carboxylic acids is 1. The molecule has 2 heterocycles. The molecule has 1 N–H and O–H groups in total. The highest BCUT2D eigenvalue weighted by atomic mass is 35.5. The lowest BCUT2D eigenvalue weighted by molar-refractivity contribution is -0.135. The van der Waals surface area contributed by atoms with Crippen LogP contribution in [0.1, 0.15) is 16.7 Å². The Bertz CT molecular complexity index is 733. The van der Waals surface area contributed by atoms with Crippen LogP contribution >= 0.6 is 24.8 Å². The van der Waals surface area contributed by atoms with E-state index in [2.05, 4.69) is 64.8 Å². The Morgan fingerprint density at radius 3 is 2.22 bits per heavy atom. The number of benzene rings is 2. The van der Waals surface area contributed by atoms with Gasteiger partial charge < -0.3 is 10.2 Å². The molecule has 1 fully saturated rings. The third-order valence-corrected chi connectivity index (χ3v) is 5.31. The van der Waals surface area contributed by atoms with Gasteiger partial charge in [-0.1, -0.05) is 54.6 Å². The summed E-state index contributed by atoms with van der Waals surface area (Å²) in [4.78, 5) is 17.3. The van der Waals surface area contributed by atoms with Crippen molar-refractivity contribution in [2.75, 3.05) is 26.2 Å². The normalized spacial score (nSPS) is 19.4. The van der Waals surface area contributed by atoms with Crippen LogP contribution in [0.25, 0.3) is 0 Å². The molecule has 0 aromatic heterocycles. The molecule has 2 aliphatic heterocycles. The lowest BCUT2D eigenvalue weighted by Gasteiger charge is -2.37. The van der Waals surface area contributed by atoms with Crippen LogP contribution in [0.3, 0.4) is 0 Å². The van der Waals surface area contributed by atoms with Crippen molar-refractivity contribution in [3.8, 4) is 0 Å². The monoisotopic (exact) mass is 407 g/mol. The predicted molar refractivity (Wildman–Crippen MR) is 114 cm³/mol. The third kappa shape index (κ3) is 5.23. The van der Waals surface area contributed by atoms with Gasteiger partial charge in [0.05, 0.1) is 6.04 Å². The van der Waals surface area contributed by atoms with E-state index >= 15 is 0 Å². The number of hydrogen-bond donors (Lipinski definition) is 1. The molecule has 0 bridgehead atoms. The Balaban J connectivity index is 0.00000131. The maximum Gasteiger partial charge on any atom is 0.240 e. The summed E-state index contributed by atoms with van der Waals surface area (Å²) in [5, 5.41) is 3.42. The van der Waals surface area contributed by atoms with Crippen molar-refractivity contribution >= 4 is 30.7 Å². The zero-order valence-electron chi connectivity index (χ0n) is 15.3. The Morgan fingerprint density at radius 2 is 1.52 bits per heavy atom. The van der Waals surface area contributed by atoms with E-state index < -0.39 is 0 Å². The standard InChI is InChI=1S/C21H25N3O.2ClH/c25-21(20-14-18-8-4-5-9-19(18)15-22-20)24-12-10-23(11-13-24)16-17-6-2-1-3-7-17;;/h1-9,20,22H,10-16H2;2*1H. The molecule has 1 unspecified atom stereocenters. The molecule has 6 heteroatoms. The number of halogens is 2. The Kier molecular flexibility index (Phi) is 8.11. The fourth-order valence-electron chi connectivity index (χ4n) is 3.82. The van der Waals surface area contributed by atoms with Crippen LogP contribution in [0, 0.1) is 0 Å². The van der Waals surface area contributed by atoms with Crippen LogP contribution in [-0.4, -0.2) is 47.9 Å². The Hall–Kier alpha value is -1.59. The number of nitrogens with one attached hydrogen (secondary N) is 1. The topological polar surface area (TPSA) is 35.6 Å². The Labute approximate surface area is 173 Å². The maximum atomic E-state index is 12.9. The molecule has 27 heavy (non-hydrogen) atoms. The van der Waals surface area contributed by atoms with E-state index in [-0.39, 0.29) is 36.8 Å².